The molecule has 2 aromatic heterocycles. The molecule has 2 heterocycles. The molecular weight excluding hydrogens is 252 g/mol. The van der Waals surface area contributed by atoms with Crippen LogP contribution in [-0.2, 0) is 6.54 Å². The molecule has 0 atom stereocenters. The first-order valence-corrected chi connectivity index (χ1v) is 5.79. The van der Waals surface area contributed by atoms with Gasteiger partial charge in [-0.05, 0) is 23.8 Å². The first-order valence-electron chi connectivity index (χ1n) is 5.42. The van der Waals surface area contributed by atoms with Gasteiger partial charge in [0.1, 0.15) is 0 Å². The van der Waals surface area contributed by atoms with Gasteiger partial charge >= 0.3 is 5.56 Å². The second-order valence-corrected chi connectivity index (χ2v) is 4.38. The van der Waals surface area contributed by atoms with Gasteiger partial charge in [0.15, 0.2) is 0 Å². The molecule has 0 bridgehead atoms. The molecule has 0 unspecified atom stereocenters. The van der Waals surface area contributed by atoms with Crippen LogP contribution in [0.15, 0.2) is 52.0 Å². The lowest BCUT2D eigenvalue weighted by Crippen LogP contribution is -2.22. The Labute approximate surface area is 107 Å². The number of rotatable bonds is 2. The largest absolute Gasteiger partial charge is 0.458 e. The molecule has 3 rings (SSSR count). The van der Waals surface area contributed by atoms with Crippen LogP contribution >= 0.6 is 11.6 Å². The average Bonchev–Trinajstić information content (AvgIpc) is 2.84. The van der Waals surface area contributed by atoms with Crippen molar-refractivity contribution < 1.29 is 4.42 Å². The summed E-state index contributed by atoms with van der Waals surface area (Å²) in [6.07, 6.45) is 3.11. The van der Waals surface area contributed by atoms with Gasteiger partial charge in [-0.25, -0.2) is 4.68 Å². The van der Waals surface area contributed by atoms with E-state index in [9.17, 15) is 4.79 Å². The number of fused-ring (bicyclic) bond motifs is 1. The Morgan fingerprint density at radius 2 is 2.00 bits per heavy atom. The first kappa shape index (κ1) is 11.0. The van der Waals surface area contributed by atoms with Crippen LogP contribution in [0.4, 0.5) is 0 Å². The minimum Gasteiger partial charge on any atom is -0.458 e. The summed E-state index contributed by atoms with van der Waals surface area (Å²) in [4.78, 5) is 12.0. The van der Waals surface area contributed by atoms with Crippen molar-refractivity contribution in [3.63, 3.8) is 0 Å². The molecule has 90 valence electrons. The highest BCUT2D eigenvalue weighted by Crippen LogP contribution is 2.11. The van der Waals surface area contributed by atoms with Gasteiger partial charge in [-0.1, -0.05) is 23.7 Å². The third-order valence-electron chi connectivity index (χ3n) is 2.71. The van der Waals surface area contributed by atoms with E-state index in [4.69, 9.17) is 16.0 Å². The summed E-state index contributed by atoms with van der Waals surface area (Å²) in [6.45, 7) is 0.395. The van der Waals surface area contributed by atoms with Crippen molar-refractivity contribution in [3.05, 3.63) is 63.7 Å². The molecule has 0 aliphatic heterocycles. The summed E-state index contributed by atoms with van der Waals surface area (Å²) < 4.78 is 6.52. The van der Waals surface area contributed by atoms with Gasteiger partial charge in [0.25, 0.3) is 0 Å². The minimum absolute atomic E-state index is 0.229. The van der Waals surface area contributed by atoms with E-state index >= 15 is 0 Å². The minimum atomic E-state index is -0.229. The number of nitrogens with zero attached hydrogens (tertiary/aromatic N) is 2. The molecule has 18 heavy (non-hydrogen) atoms. The number of furan rings is 1. The van der Waals surface area contributed by atoms with Gasteiger partial charge in [0.2, 0.25) is 5.58 Å². The fourth-order valence-electron chi connectivity index (χ4n) is 1.77. The Morgan fingerprint density at radius 3 is 2.78 bits per heavy atom. The Morgan fingerprint density at radius 1 is 1.22 bits per heavy atom. The van der Waals surface area contributed by atoms with E-state index in [0.717, 1.165) is 5.56 Å². The number of hydrogen-bond acceptors (Lipinski definition) is 3. The molecule has 0 spiro atoms. The summed E-state index contributed by atoms with van der Waals surface area (Å²) in [5.41, 5.74) is 1.06. The topological polar surface area (TPSA) is 48.0 Å². The average molecular weight is 261 g/mol. The number of benzene rings is 1. The molecule has 4 nitrogen and oxygen atoms in total. The van der Waals surface area contributed by atoms with Gasteiger partial charge in [0, 0.05) is 10.4 Å². The van der Waals surface area contributed by atoms with E-state index in [0.29, 0.717) is 22.5 Å². The molecule has 0 N–H and O–H groups in total. The molecule has 5 heteroatoms. The molecule has 3 aromatic rings. The Bertz CT molecular complexity index is 744. The molecule has 0 radical (unpaired) electrons. The van der Waals surface area contributed by atoms with Gasteiger partial charge in [0.05, 0.1) is 19.0 Å². The van der Waals surface area contributed by atoms with E-state index in [1.807, 2.05) is 12.1 Å². The van der Waals surface area contributed by atoms with Crippen LogP contribution < -0.4 is 5.56 Å². The lowest BCUT2D eigenvalue weighted by atomic mass is 10.2. The van der Waals surface area contributed by atoms with Crippen LogP contribution in [0.2, 0.25) is 5.02 Å². The second kappa shape index (κ2) is 4.31. The smallest absolute Gasteiger partial charge is 0.310 e. The standard InChI is InChI=1S/C13H9ClN2O2/c14-11-3-1-9(2-4-11)8-16-13(17)12-10(7-15-16)5-6-18-12/h1-7H,8H2. The van der Waals surface area contributed by atoms with Crippen molar-refractivity contribution in [2.75, 3.05) is 0 Å². The van der Waals surface area contributed by atoms with Gasteiger partial charge < -0.3 is 4.42 Å². The highest BCUT2D eigenvalue weighted by molar-refractivity contribution is 6.30. The molecule has 0 saturated carbocycles. The number of halogens is 1. The van der Waals surface area contributed by atoms with E-state index in [1.54, 1.807) is 24.4 Å². The maximum atomic E-state index is 12.0. The Hall–Kier alpha value is -2.07. The van der Waals surface area contributed by atoms with Crippen molar-refractivity contribution in [1.29, 1.82) is 0 Å². The van der Waals surface area contributed by atoms with Crippen LogP contribution in [0.1, 0.15) is 5.56 Å². The highest BCUT2D eigenvalue weighted by Gasteiger charge is 2.07. The molecule has 0 aliphatic carbocycles. The van der Waals surface area contributed by atoms with E-state index in [-0.39, 0.29) is 5.56 Å². The summed E-state index contributed by atoms with van der Waals surface area (Å²) in [5.74, 6) is 0. The summed E-state index contributed by atoms with van der Waals surface area (Å²) in [5, 5.41) is 5.49. The lowest BCUT2D eigenvalue weighted by molar-refractivity contribution is 0.583. The van der Waals surface area contributed by atoms with Crippen LogP contribution in [0.5, 0.6) is 0 Å². The van der Waals surface area contributed by atoms with E-state index in [2.05, 4.69) is 5.10 Å². The third-order valence-corrected chi connectivity index (χ3v) is 2.96. The van der Waals surface area contributed by atoms with Gasteiger partial charge in [-0.2, -0.15) is 5.10 Å². The summed E-state index contributed by atoms with van der Waals surface area (Å²) >= 11 is 5.81. The van der Waals surface area contributed by atoms with Crippen molar-refractivity contribution in [1.82, 2.24) is 9.78 Å². The van der Waals surface area contributed by atoms with Crippen molar-refractivity contribution >= 4 is 22.6 Å². The predicted molar refractivity (Wildman–Crippen MR) is 68.8 cm³/mol. The van der Waals surface area contributed by atoms with E-state index < -0.39 is 0 Å². The molecule has 0 aliphatic rings. The van der Waals surface area contributed by atoms with Crippen molar-refractivity contribution in [3.8, 4) is 0 Å². The Balaban J connectivity index is 2.02. The number of aromatic nitrogens is 2. The normalized spacial score (nSPS) is 10.9. The van der Waals surface area contributed by atoms with Crippen molar-refractivity contribution in [2.45, 2.75) is 6.54 Å². The summed E-state index contributed by atoms with van der Waals surface area (Å²) in [7, 11) is 0. The zero-order valence-corrected chi connectivity index (χ0v) is 10.1. The maximum Gasteiger partial charge on any atom is 0.310 e. The van der Waals surface area contributed by atoms with Gasteiger partial charge in [-0.3, -0.25) is 4.79 Å². The molecule has 0 saturated heterocycles. The van der Waals surface area contributed by atoms with Crippen molar-refractivity contribution in [2.24, 2.45) is 0 Å². The third kappa shape index (κ3) is 1.91. The molecule has 0 fully saturated rings. The van der Waals surface area contributed by atoms with Crippen LogP contribution in [0.25, 0.3) is 11.0 Å². The fourth-order valence-corrected chi connectivity index (χ4v) is 1.90. The number of hydrogen-bond donors (Lipinski definition) is 0. The molecular formula is C13H9ClN2O2. The van der Waals surface area contributed by atoms with Gasteiger partial charge in [-0.15, -0.1) is 0 Å². The molecule has 1 aromatic carbocycles. The fraction of sp³-hybridized carbons (Fsp3) is 0.0769. The lowest BCUT2D eigenvalue weighted by Gasteiger charge is -2.04. The monoisotopic (exact) mass is 260 g/mol. The second-order valence-electron chi connectivity index (χ2n) is 3.94. The highest BCUT2D eigenvalue weighted by atomic mass is 35.5. The Kier molecular flexibility index (Phi) is 2.64. The SMILES string of the molecule is O=c1c2occc2cnn1Cc1ccc(Cl)cc1. The van der Waals surface area contributed by atoms with Crippen LogP contribution in [0, 0.1) is 0 Å². The summed E-state index contributed by atoms with van der Waals surface area (Å²) in [6, 6.07) is 9.02. The molecule has 0 amide bonds. The zero-order chi connectivity index (χ0) is 12.5. The predicted octanol–water partition coefficient (Wildman–Crippen LogP) is 2.69. The van der Waals surface area contributed by atoms with Crippen LogP contribution in [0.3, 0.4) is 0 Å². The zero-order valence-electron chi connectivity index (χ0n) is 9.34. The first-order chi connectivity index (χ1) is 8.74. The van der Waals surface area contributed by atoms with E-state index in [1.165, 1.54) is 10.9 Å². The van der Waals surface area contributed by atoms with Crippen LogP contribution in [-0.4, -0.2) is 9.78 Å². The maximum absolute atomic E-state index is 12.0. The quantitative estimate of drug-likeness (QED) is 0.712.